The summed E-state index contributed by atoms with van der Waals surface area (Å²) in [6, 6.07) is 0. The van der Waals surface area contributed by atoms with Gasteiger partial charge in [0.25, 0.3) is 0 Å². The molecule has 2 rings (SSSR count). The monoisotopic (exact) mass is 351 g/mol. The van der Waals surface area contributed by atoms with E-state index in [1.807, 2.05) is 25.9 Å². The van der Waals surface area contributed by atoms with E-state index >= 15 is 0 Å². The van der Waals surface area contributed by atoms with Crippen LogP contribution < -0.4 is 16.0 Å². The van der Waals surface area contributed by atoms with E-state index in [0.29, 0.717) is 22.8 Å². The third-order valence-corrected chi connectivity index (χ3v) is 5.46. The Labute approximate surface area is 150 Å². The van der Waals surface area contributed by atoms with Crippen LogP contribution in [0.3, 0.4) is 0 Å². The number of anilines is 2. The third-order valence-electron chi connectivity index (χ3n) is 5.26. The van der Waals surface area contributed by atoms with Crippen LogP contribution >= 0.6 is 12.2 Å². The van der Waals surface area contributed by atoms with E-state index in [1.165, 1.54) is 0 Å². The van der Waals surface area contributed by atoms with Crippen molar-refractivity contribution in [3.05, 3.63) is 11.3 Å². The molecular weight excluding hydrogens is 322 g/mol. The van der Waals surface area contributed by atoms with Crippen LogP contribution in [0.1, 0.15) is 37.9 Å². The van der Waals surface area contributed by atoms with E-state index in [0.717, 1.165) is 36.5 Å². The summed E-state index contributed by atoms with van der Waals surface area (Å²) < 4.78 is 5.37. The number of aromatic nitrogens is 2. The van der Waals surface area contributed by atoms with Gasteiger partial charge in [0.2, 0.25) is 5.95 Å². The van der Waals surface area contributed by atoms with Crippen LogP contribution in [-0.4, -0.2) is 48.3 Å². The molecule has 0 aliphatic heterocycles. The zero-order valence-electron chi connectivity index (χ0n) is 15.5. The van der Waals surface area contributed by atoms with Crippen molar-refractivity contribution >= 4 is 29.0 Å². The molecule has 1 aliphatic carbocycles. The Balaban J connectivity index is 2.39. The van der Waals surface area contributed by atoms with E-state index in [1.54, 1.807) is 7.11 Å². The molecule has 24 heavy (non-hydrogen) atoms. The van der Waals surface area contributed by atoms with Gasteiger partial charge in [-0.3, -0.25) is 0 Å². The van der Waals surface area contributed by atoms with Crippen molar-refractivity contribution in [2.45, 2.75) is 39.2 Å². The second kappa shape index (κ2) is 7.19. The Bertz CT molecular complexity index is 621. The molecule has 1 heterocycles. The molecule has 0 aromatic carbocycles. The second-order valence-corrected chi connectivity index (χ2v) is 7.62. The van der Waals surface area contributed by atoms with E-state index in [2.05, 4.69) is 29.1 Å². The van der Waals surface area contributed by atoms with Gasteiger partial charge >= 0.3 is 0 Å². The highest BCUT2D eigenvalue weighted by atomic mass is 32.1. The minimum absolute atomic E-state index is 0.0763. The summed E-state index contributed by atoms with van der Waals surface area (Å²) >= 11 is 5.24. The molecule has 7 heteroatoms. The van der Waals surface area contributed by atoms with Gasteiger partial charge in [0, 0.05) is 33.4 Å². The molecular formula is C17H29N5OS. The predicted molar refractivity (Wildman–Crippen MR) is 103 cm³/mol. The Morgan fingerprint density at radius 3 is 2.67 bits per heavy atom. The van der Waals surface area contributed by atoms with Crippen molar-refractivity contribution in [1.82, 2.24) is 9.97 Å². The number of ether oxygens (including phenoxy) is 1. The highest BCUT2D eigenvalue weighted by molar-refractivity contribution is 7.80. The van der Waals surface area contributed by atoms with Gasteiger partial charge in [0.15, 0.2) is 0 Å². The number of hydrogen-bond donors (Lipinski definition) is 2. The summed E-state index contributed by atoms with van der Waals surface area (Å²) in [5, 5.41) is 3.64. The van der Waals surface area contributed by atoms with Crippen molar-refractivity contribution < 1.29 is 4.74 Å². The molecule has 3 unspecified atom stereocenters. The van der Waals surface area contributed by atoms with Crippen molar-refractivity contribution in [3.8, 4) is 0 Å². The summed E-state index contributed by atoms with van der Waals surface area (Å²) in [4.78, 5) is 11.4. The number of methoxy groups -OCH3 is 1. The molecule has 0 bridgehead atoms. The van der Waals surface area contributed by atoms with Gasteiger partial charge in [-0.1, -0.05) is 19.1 Å². The Kier molecular flexibility index (Phi) is 5.65. The van der Waals surface area contributed by atoms with E-state index < -0.39 is 0 Å². The summed E-state index contributed by atoms with van der Waals surface area (Å²) in [5.74, 6) is 2.37. The maximum atomic E-state index is 5.95. The highest BCUT2D eigenvalue weighted by Gasteiger charge is 2.43. The summed E-state index contributed by atoms with van der Waals surface area (Å²) in [6.45, 7) is 7.21. The van der Waals surface area contributed by atoms with Gasteiger partial charge in [-0.05, 0) is 38.5 Å². The summed E-state index contributed by atoms with van der Waals surface area (Å²) in [5.41, 5.74) is 7.40. The van der Waals surface area contributed by atoms with Crippen molar-refractivity contribution in [2.75, 3.05) is 38.0 Å². The quantitative estimate of drug-likeness (QED) is 0.762. The average Bonchev–Trinajstić information content (AvgIpc) is 2.75. The van der Waals surface area contributed by atoms with Crippen LogP contribution in [0.5, 0.6) is 0 Å². The van der Waals surface area contributed by atoms with E-state index in [9.17, 15) is 0 Å². The van der Waals surface area contributed by atoms with Crippen LogP contribution in [0.15, 0.2) is 0 Å². The number of nitrogens with one attached hydrogen (secondary N) is 1. The highest BCUT2D eigenvalue weighted by Crippen LogP contribution is 2.42. The first-order chi connectivity index (χ1) is 11.2. The maximum Gasteiger partial charge on any atom is 0.227 e. The molecule has 1 aromatic heterocycles. The van der Waals surface area contributed by atoms with Crippen molar-refractivity contribution in [3.63, 3.8) is 0 Å². The Hall–Kier alpha value is -1.47. The first-order valence-corrected chi connectivity index (χ1v) is 8.73. The normalized spacial score (nSPS) is 26.4. The first kappa shape index (κ1) is 18.9. The van der Waals surface area contributed by atoms with Crippen LogP contribution in [0.25, 0.3) is 0 Å². The zero-order chi connectivity index (χ0) is 18.1. The van der Waals surface area contributed by atoms with Gasteiger partial charge in [-0.25, -0.2) is 4.98 Å². The standard InChI is InChI=1S/C17H29N5OS/c1-10-12(9-23-6)7-8-17(10,3)21-15-13(14(18)24)11(2)19-16(20-15)22(4)5/h10,12H,7-9H2,1-6H3,(H2,18,24)(H,19,20,21). The average molecular weight is 352 g/mol. The van der Waals surface area contributed by atoms with Crippen LogP contribution in [-0.2, 0) is 4.74 Å². The minimum Gasteiger partial charge on any atom is -0.389 e. The molecule has 0 spiro atoms. The van der Waals surface area contributed by atoms with Gasteiger partial charge in [-0.2, -0.15) is 4.98 Å². The largest absolute Gasteiger partial charge is 0.389 e. The summed E-state index contributed by atoms with van der Waals surface area (Å²) in [6.07, 6.45) is 2.19. The van der Waals surface area contributed by atoms with Gasteiger partial charge < -0.3 is 20.7 Å². The fourth-order valence-electron chi connectivity index (χ4n) is 3.52. The first-order valence-electron chi connectivity index (χ1n) is 8.32. The fourth-order valence-corrected chi connectivity index (χ4v) is 3.76. The number of rotatable bonds is 6. The van der Waals surface area contributed by atoms with Crippen LogP contribution in [0.4, 0.5) is 11.8 Å². The molecule has 1 saturated carbocycles. The molecule has 0 saturated heterocycles. The molecule has 0 amide bonds. The number of thiocarbonyl (C=S) groups is 1. The molecule has 3 N–H and O–H groups in total. The number of nitrogens with zero attached hydrogens (tertiary/aromatic N) is 3. The van der Waals surface area contributed by atoms with Gasteiger partial charge in [-0.15, -0.1) is 0 Å². The molecule has 6 nitrogen and oxygen atoms in total. The SMILES string of the molecule is COCC1CCC(C)(Nc2nc(N(C)C)nc(C)c2C(N)=S)C1C. The molecule has 3 atom stereocenters. The smallest absolute Gasteiger partial charge is 0.227 e. The van der Waals surface area contributed by atoms with Crippen LogP contribution in [0.2, 0.25) is 0 Å². The van der Waals surface area contributed by atoms with Crippen molar-refractivity contribution in [1.29, 1.82) is 0 Å². The Morgan fingerprint density at radius 1 is 1.46 bits per heavy atom. The number of hydrogen-bond acceptors (Lipinski definition) is 6. The molecule has 1 aromatic rings. The van der Waals surface area contributed by atoms with E-state index in [4.69, 9.17) is 22.7 Å². The molecule has 0 radical (unpaired) electrons. The second-order valence-electron chi connectivity index (χ2n) is 7.18. The van der Waals surface area contributed by atoms with Crippen molar-refractivity contribution in [2.24, 2.45) is 17.6 Å². The third kappa shape index (κ3) is 3.62. The predicted octanol–water partition coefficient (Wildman–Crippen LogP) is 2.35. The summed E-state index contributed by atoms with van der Waals surface area (Å²) in [7, 11) is 5.61. The van der Waals surface area contributed by atoms with Gasteiger partial charge in [0.05, 0.1) is 11.3 Å². The molecule has 1 fully saturated rings. The Morgan fingerprint density at radius 2 is 2.12 bits per heavy atom. The zero-order valence-corrected chi connectivity index (χ0v) is 16.3. The van der Waals surface area contributed by atoms with Gasteiger partial charge in [0.1, 0.15) is 10.8 Å². The number of nitrogens with two attached hydrogens (primary N) is 1. The lowest BCUT2D eigenvalue weighted by Crippen LogP contribution is -2.40. The number of aryl methyl sites for hydroxylation is 1. The fraction of sp³-hybridized carbons (Fsp3) is 0.706. The lowest BCUT2D eigenvalue weighted by atomic mass is 9.86. The van der Waals surface area contributed by atoms with E-state index in [-0.39, 0.29) is 5.54 Å². The van der Waals surface area contributed by atoms with Crippen LogP contribution in [0, 0.1) is 18.8 Å². The topological polar surface area (TPSA) is 76.3 Å². The maximum absolute atomic E-state index is 5.95. The lowest BCUT2D eigenvalue weighted by molar-refractivity contribution is 0.129. The molecule has 134 valence electrons. The minimum atomic E-state index is -0.0763. The molecule has 1 aliphatic rings. The lowest BCUT2D eigenvalue weighted by Gasteiger charge is -2.34.